The monoisotopic (exact) mass is 678 g/mol. The van der Waals surface area contributed by atoms with Crippen LogP contribution < -0.4 is 0 Å². The molecule has 0 radical (unpaired) electrons. The second-order valence-corrected chi connectivity index (χ2v) is 10.1. The number of halogens is 9. The average molecular weight is 679 g/mol. The van der Waals surface area contributed by atoms with Crippen molar-refractivity contribution >= 4 is 17.9 Å². The fraction of sp³-hybridized carbons (Fsp3) is 0.519. The number of carbonyl (C=O) groups is 3. The molecule has 0 aromatic carbocycles. The lowest BCUT2D eigenvalue weighted by atomic mass is 9.77. The third-order valence-corrected chi connectivity index (χ3v) is 6.70. The highest BCUT2D eigenvalue weighted by atomic mass is 19.4. The first-order valence-electron chi connectivity index (χ1n) is 13.2. The topological polar surface area (TPSA) is 144 Å². The van der Waals surface area contributed by atoms with E-state index in [1.165, 1.54) is 43.6 Å². The van der Waals surface area contributed by atoms with Gasteiger partial charge in [0, 0.05) is 50.8 Å². The van der Waals surface area contributed by atoms with Gasteiger partial charge in [-0.3, -0.25) is 19.8 Å². The van der Waals surface area contributed by atoms with Crippen LogP contribution in [-0.4, -0.2) is 97.7 Å². The van der Waals surface area contributed by atoms with E-state index in [4.69, 9.17) is 29.7 Å². The Balaban J connectivity index is 0.000000413. The van der Waals surface area contributed by atoms with Gasteiger partial charge in [0.15, 0.2) is 0 Å². The molecule has 46 heavy (non-hydrogen) atoms. The van der Waals surface area contributed by atoms with Gasteiger partial charge in [0.2, 0.25) is 0 Å². The van der Waals surface area contributed by atoms with Gasteiger partial charge in [-0.15, -0.1) is 0 Å². The fourth-order valence-electron chi connectivity index (χ4n) is 4.82. The molecule has 3 heterocycles. The summed E-state index contributed by atoms with van der Waals surface area (Å²) in [6, 6.07) is 11.1. The molecule has 1 aliphatic carbocycles. The zero-order chi connectivity index (χ0) is 35.3. The van der Waals surface area contributed by atoms with Crippen LogP contribution in [0, 0.1) is 11.8 Å². The van der Waals surface area contributed by atoms with Gasteiger partial charge in [-0.25, -0.2) is 14.4 Å². The third-order valence-electron chi connectivity index (χ3n) is 6.70. The number of likely N-dealkylation sites (tertiary alicyclic amines) is 1. The maximum atomic E-state index is 10.6. The minimum Gasteiger partial charge on any atom is -0.475 e. The van der Waals surface area contributed by atoms with Crippen molar-refractivity contribution < 1.29 is 69.2 Å². The standard InChI is InChI=1S/C21H28N4.3C2HF3O2/c1-24(15-19-8-2-3-11-23-19)21-9-4-7-18-14-25(16-20(18)21)13-17-6-5-10-22-12-17;3*3-2(4,5)1(6)7/h2-3,5-6,8,10-12,18,20-21H,4,7,9,13-16H2,1H3;3*(H,6,7)/t18-,20+,21?;;;/m1.../s1. The Hall–Kier alpha value is -4.00. The highest BCUT2D eigenvalue weighted by molar-refractivity contribution is 5.73. The van der Waals surface area contributed by atoms with Gasteiger partial charge in [-0.1, -0.05) is 18.6 Å². The van der Waals surface area contributed by atoms with Crippen molar-refractivity contribution in [2.24, 2.45) is 11.8 Å². The van der Waals surface area contributed by atoms with Crippen molar-refractivity contribution in [1.29, 1.82) is 0 Å². The number of aliphatic carboxylic acids is 3. The molecule has 0 amide bonds. The largest absolute Gasteiger partial charge is 0.490 e. The van der Waals surface area contributed by atoms with Crippen LogP contribution >= 0.6 is 0 Å². The van der Waals surface area contributed by atoms with Gasteiger partial charge in [0.1, 0.15) is 0 Å². The molecule has 2 aromatic rings. The molecule has 1 saturated carbocycles. The Labute approximate surface area is 256 Å². The normalized spacial score (nSPS) is 19.7. The number of nitrogens with zero attached hydrogens (tertiary/aromatic N) is 4. The van der Waals surface area contributed by atoms with E-state index in [1.54, 1.807) is 0 Å². The van der Waals surface area contributed by atoms with Crippen LogP contribution in [0.1, 0.15) is 30.5 Å². The molecule has 258 valence electrons. The smallest absolute Gasteiger partial charge is 0.475 e. The van der Waals surface area contributed by atoms with Crippen molar-refractivity contribution in [3.8, 4) is 0 Å². The van der Waals surface area contributed by atoms with Crippen LogP contribution in [0.25, 0.3) is 0 Å². The molecule has 10 nitrogen and oxygen atoms in total. The Morgan fingerprint density at radius 3 is 1.80 bits per heavy atom. The molecule has 2 aliphatic rings. The molecular weight excluding hydrogens is 647 g/mol. The van der Waals surface area contributed by atoms with Gasteiger partial charge in [0.25, 0.3) is 0 Å². The maximum Gasteiger partial charge on any atom is 0.490 e. The fourth-order valence-corrected chi connectivity index (χ4v) is 4.82. The van der Waals surface area contributed by atoms with E-state index >= 15 is 0 Å². The maximum absolute atomic E-state index is 10.6. The molecule has 2 fully saturated rings. The Morgan fingerprint density at radius 1 is 0.826 bits per heavy atom. The molecule has 3 N–H and O–H groups in total. The van der Waals surface area contributed by atoms with E-state index in [9.17, 15) is 39.5 Å². The van der Waals surface area contributed by atoms with Gasteiger partial charge >= 0.3 is 36.4 Å². The van der Waals surface area contributed by atoms with E-state index in [-0.39, 0.29) is 0 Å². The summed E-state index contributed by atoms with van der Waals surface area (Å²) in [5.41, 5.74) is 2.51. The van der Waals surface area contributed by atoms with E-state index in [1.807, 2.05) is 30.7 Å². The van der Waals surface area contributed by atoms with Crippen LogP contribution in [0.2, 0.25) is 0 Å². The molecular formula is C27H31F9N4O6. The number of hydrogen-bond acceptors (Lipinski definition) is 7. The second kappa shape index (κ2) is 17.6. The zero-order valence-corrected chi connectivity index (χ0v) is 24.1. The summed E-state index contributed by atoms with van der Waals surface area (Å²) in [6.45, 7) is 4.46. The second-order valence-electron chi connectivity index (χ2n) is 10.1. The Morgan fingerprint density at radius 2 is 1.37 bits per heavy atom. The number of fused-ring (bicyclic) bond motifs is 1. The quantitative estimate of drug-likeness (QED) is 0.365. The van der Waals surface area contributed by atoms with E-state index in [0.29, 0.717) is 6.04 Å². The highest BCUT2D eigenvalue weighted by Gasteiger charge is 2.42. The molecule has 19 heteroatoms. The number of hydrogen-bond donors (Lipinski definition) is 3. The van der Waals surface area contributed by atoms with E-state index in [2.05, 4.69) is 45.0 Å². The molecule has 0 bridgehead atoms. The molecule has 3 atom stereocenters. The number of alkyl halides is 9. The molecule has 2 aromatic heterocycles. The summed E-state index contributed by atoms with van der Waals surface area (Å²) in [4.78, 5) is 40.7. The number of carboxylic acids is 3. The van der Waals surface area contributed by atoms with Gasteiger partial charge in [-0.05, 0) is 55.5 Å². The predicted molar refractivity (Wildman–Crippen MR) is 141 cm³/mol. The molecule has 1 aliphatic heterocycles. The van der Waals surface area contributed by atoms with Crippen molar-refractivity contribution in [3.63, 3.8) is 0 Å². The minimum absolute atomic E-state index is 0.680. The van der Waals surface area contributed by atoms with Crippen LogP contribution in [0.5, 0.6) is 0 Å². The first kappa shape index (κ1) is 40.0. The van der Waals surface area contributed by atoms with Gasteiger partial charge in [0.05, 0.1) is 5.69 Å². The lowest BCUT2D eigenvalue weighted by Gasteiger charge is -2.39. The minimum atomic E-state index is -5.08. The molecule has 1 unspecified atom stereocenters. The average Bonchev–Trinajstić information content (AvgIpc) is 3.36. The number of rotatable bonds is 5. The third kappa shape index (κ3) is 14.9. The van der Waals surface area contributed by atoms with E-state index in [0.717, 1.165) is 24.9 Å². The molecule has 4 rings (SSSR count). The van der Waals surface area contributed by atoms with Crippen LogP contribution in [0.3, 0.4) is 0 Å². The van der Waals surface area contributed by atoms with Crippen LogP contribution in [0.15, 0.2) is 48.9 Å². The van der Waals surface area contributed by atoms with Crippen LogP contribution in [-0.2, 0) is 27.5 Å². The molecule has 0 spiro atoms. The summed E-state index contributed by atoms with van der Waals surface area (Å²) in [7, 11) is 2.28. The number of aromatic nitrogens is 2. The summed E-state index contributed by atoms with van der Waals surface area (Å²) in [6.07, 6.45) is -5.41. The Bertz CT molecular complexity index is 1180. The van der Waals surface area contributed by atoms with Crippen LogP contribution in [0.4, 0.5) is 39.5 Å². The van der Waals surface area contributed by atoms with Crippen molar-refractivity contribution in [2.45, 2.75) is 56.9 Å². The summed E-state index contributed by atoms with van der Waals surface area (Å²) in [5, 5.41) is 21.4. The van der Waals surface area contributed by atoms with Gasteiger partial charge in [-0.2, -0.15) is 39.5 Å². The number of carboxylic acid groups (broad SMARTS) is 3. The summed E-state index contributed by atoms with van der Waals surface area (Å²) < 4.78 is 95.2. The van der Waals surface area contributed by atoms with Gasteiger partial charge < -0.3 is 15.3 Å². The number of pyridine rings is 2. The summed E-state index contributed by atoms with van der Waals surface area (Å²) in [5.74, 6) is -6.63. The highest BCUT2D eigenvalue weighted by Crippen LogP contribution is 2.39. The zero-order valence-electron chi connectivity index (χ0n) is 24.1. The SMILES string of the molecule is CN(Cc1ccccn1)C1CCC[C@@H]2CN(Cc3cccnc3)C[C@H]12.O=C(O)C(F)(F)F.O=C(O)C(F)(F)F.O=C(O)C(F)(F)F. The lowest BCUT2D eigenvalue weighted by Crippen LogP contribution is -2.43. The lowest BCUT2D eigenvalue weighted by molar-refractivity contribution is -0.193. The Kier molecular flexibility index (Phi) is 15.3. The predicted octanol–water partition coefficient (Wildman–Crippen LogP) is 5.11. The van der Waals surface area contributed by atoms with E-state index < -0.39 is 36.4 Å². The first-order chi connectivity index (χ1) is 21.1. The van der Waals surface area contributed by atoms with Crippen molar-refractivity contribution in [2.75, 3.05) is 20.1 Å². The van der Waals surface area contributed by atoms with Crippen molar-refractivity contribution in [1.82, 2.24) is 19.8 Å². The van der Waals surface area contributed by atoms with Crippen molar-refractivity contribution in [3.05, 3.63) is 60.2 Å². The first-order valence-corrected chi connectivity index (χ1v) is 13.2. The summed E-state index contributed by atoms with van der Waals surface area (Å²) >= 11 is 0. The molecule has 1 saturated heterocycles.